The van der Waals surface area contributed by atoms with Gasteiger partial charge in [0.2, 0.25) is 0 Å². The largest absolute Gasteiger partial charge is 0.491 e. The molecule has 0 saturated carbocycles. The van der Waals surface area contributed by atoms with E-state index in [1.54, 1.807) is 34.9 Å². The second-order valence-corrected chi connectivity index (χ2v) is 8.74. The molecule has 0 aliphatic carbocycles. The number of carbonyl (C=O) groups is 1. The smallest absolute Gasteiger partial charge is 0.410 e. The van der Waals surface area contributed by atoms with Gasteiger partial charge >= 0.3 is 6.09 Å². The van der Waals surface area contributed by atoms with Gasteiger partial charge in [0.05, 0.1) is 19.5 Å². The number of rotatable bonds is 4. The molecule has 9 nitrogen and oxygen atoms in total. The molecule has 1 fully saturated rings. The minimum absolute atomic E-state index is 0.0347. The Morgan fingerprint density at radius 3 is 2.81 bits per heavy atom. The van der Waals surface area contributed by atoms with E-state index < -0.39 is 5.60 Å². The predicted octanol–water partition coefficient (Wildman–Crippen LogP) is 3.75. The minimum atomic E-state index is -0.546. The fourth-order valence-electron chi connectivity index (χ4n) is 3.65. The van der Waals surface area contributed by atoms with Crippen LogP contribution in [0.4, 0.5) is 15.0 Å². The molecule has 1 N–H and O–H groups in total. The quantitative estimate of drug-likeness (QED) is 0.658. The Hall–Kier alpha value is -3.43. The highest BCUT2D eigenvalue weighted by atomic mass is 19.1. The number of halogens is 1. The molecular weight excluding hydrogens is 415 g/mol. The summed E-state index contributed by atoms with van der Waals surface area (Å²) < 4.78 is 26.3. The Labute approximate surface area is 185 Å². The standard InChI is InChI=1S/C22H27FN6O3/c1-22(2,3)32-21(30)28-9-5-6-15(13-28)26-20-17(31-4)11-25-19(27-20)16-10-24-18-8-7-14(23)12-29(16)18/h7-8,10-12,15H,5-6,9,13H2,1-4H3,(H,25,26,27). The van der Waals surface area contributed by atoms with Crippen molar-refractivity contribution in [2.75, 3.05) is 25.5 Å². The number of aromatic nitrogens is 4. The molecule has 10 heteroatoms. The summed E-state index contributed by atoms with van der Waals surface area (Å²) in [4.78, 5) is 27.5. The first-order valence-electron chi connectivity index (χ1n) is 10.5. The van der Waals surface area contributed by atoms with Crippen molar-refractivity contribution >= 4 is 17.6 Å². The molecule has 4 heterocycles. The molecule has 170 valence electrons. The van der Waals surface area contributed by atoms with Crippen molar-refractivity contribution in [2.24, 2.45) is 0 Å². The highest BCUT2D eigenvalue weighted by Gasteiger charge is 2.28. The van der Waals surface area contributed by atoms with Crippen molar-refractivity contribution in [1.82, 2.24) is 24.3 Å². The van der Waals surface area contributed by atoms with E-state index >= 15 is 0 Å². The van der Waals surface area contributed by atoms with Crippen molar-refractivity contribution < 1.29 is 18.7 Å². The highest BCUT2D eigenvalue weighted by Crippen LogP contribution is 2.27. The zero-order valence-electron chi connectivity index (χ0n) is 18.6. The number of nitrogens with zero attached hydrogens (tertiary/aromatic N) is 5. The summed E-state index contributed by atoms with van der Waals surface area (Å²) in [7, 11) is 1.54. The van der Waals surface area contributed by atoms with Crippen LogP contribution in [0.15, 0.2) is 30.7 Å². The van der Waals surface area contributed by atoms with Gasteiger partial charge in [0, 0.05) is 25.3 Å². The number of piperidine rings is 1. The van der Waals surface area contributed by atoms with E-state index in [9.17, 15) is 9.18 Å². The lowest BCUT2D eigenvalue weighted by Crippen LogP contribution is -2.47. The number of nitrogens with one attached hydrogen (secondary N) is 1. The van der Waals surface area contributed by atoms with E-state index in [1.807, 2.05) is 20.8 Å². The number of methoxy groups -OCH3 is 1. The first-order chi connectivity index (χ1) is 15.2. The van der Waals surface area contributed by atoms with E-state index in [0.717, 1.165) is 12.8 Å². The molecule has 0 radical (unpaired) electrons. The second kappa shape index (κ2) is 8.60. The van der Waals surface area contributed by atoms with Gasteiger partial charge in [-0.25, -0.2) is 24.1 Å². The van der Waals surface area contributed by atoms with Gasteiger partial charge in [0.15, 0.2) is 17.4 Å². The van der Waals surface area contributed by atoms with Crippen molar-refractivity contribution in [2.45, 2.75) is 45.3 Å². The maximum absolute atomic E-state index is 13.8. The van der Waals surface area contributed by atoms with E-state index in [2.05, 4.69) is 20.3 Å². The topological polar surface area (TPSA) is 93.9 Å². The van der Waals surface area contributed by atoms with Crippen LogP contribution in [-0.2, 0) is 4.74 Å². The molecule has 3 aromatic heterocycles. The van der Waals surface area contributed by atoms with E-state index in [0.29, 0.717) is 41.8 Å². The number of hydrogen-bond acceptors (Lipinski definition) is 7. The summed E-state index contributed by atoms with van der Waals surface area (Å²) in [6, 6.07) is 2.91. The Balaban J connectivity index is 1.57. The molecular formula is C22H27FN6O3. The molecule has 0 aromatic carbocycles. The molecule has 1 aliphatic heterocycles. The third-order valence-corrected chi connectivity index (χ3v) is 5.09. The van der Waals surface area contributed by atoms with Crippen LogP contribution in [0.5, 0.6) is 5.75 Å². The lowest BCUT2D eigenvalue weighted by atomic mass is 10.1. The summed E-state index contributed by atoms with van der Waals surface area (Å²) in [6.07, 6.45) is 5.89. The molecule has 3 aromatic rings. The number of likely N-dealkylation sites (tertiary alicyclic amines) is 1. The number of amides is 1. The van der Waals surface area contributed by atoms with E-state index in [4.69, 9.17) is 9.47 Å². The zero-order chi connectivity index (χ0) is 22.9. The Morgan fingerprint density at radius 1 is 1.25 bits per heavy atom. The average Bonchev–Trinajstić information content (AvgIpc) is 3.15. The van der Waals surface area contributed by atoms with Gasteiger partial charge in [0.25, 0.3) is 0 Å². The maximum atomic E-state index is 13.8. The SMILES string of the molecule is COc1cnc(-c2cnc3ccc(F)cn23)nc1NC1CCCN(C(=O)OC(C)(C)C)C1. The third-order valence-electron chi connectivity index (χ3n) is 5.09. The van der Waals surface area contributed by atoms with Crippen LogP contribution in [0.3, 0.4) is 0 Å². The number of carbonyl (C=O) groups excluding carboxylic acids is 1. The van der Waals surface area contributed by atoms with Gasteiger partial charge in [0.1, 0.15) is 22.8 Å². The molecule has 1 amide bonds. The summed E-state index contributed by atoms with van der Waals surface area (Å²) in [5, 5.41) is 3.38. The number of hydrogen-bond donors (Lipinski definition) is 1. The molecule has 4 rings (SSSR count). The highest BCUT2D eigenvalue weighted by molar-refractivity contribution is 5.68. The zero-order valence-corrected chi connectivity index (χ0v) is 18.6. The number of ether oxygens (including phenoxy) is 2. The van der Waals surface area contributed by atoms with Gasteiger partial charge in [-0.15, -0.1) is 0 Å². The third kappa shape index (κ3) is 4.74. The molecule has 0 bridgehead atoms. The van der Waals surface area contributed by atoms with Crippen molar-refractivity contribution in [1.29, 1.82) is 0 Å². The van der Waals surface area contributed by atoms with Gasteiger partial charge in [-0.3, -0.25) is 4.40 Å². The lowest BCUT2D eigenvalue weighted by molar-refractivity contribution is 0.0206. The number of imidazole rings is 1. The average molecular weight is 442 g/mol. The molecule has 1 atom stereocenters. The number of anilines is 1. The minimum Gasteiger partial charge on any atom is -0.491 e. The van der Waals surface area contributed by atoms with Crippen LogP contribution in [0.2, 0.25) is 0 Å². The number of fused-ring (bicyclic) bond motifs is 1. The molecule has 1 aliphatic rings. The molecule has 32 heavy (non-hydrogen) atoms. The van der Waals surface area contributed by atoms with Crippen LogP contribution < -0.4 is 10.1 Å². The van der Waals surface area contributed by atoms with E-state index in [-0.39, 0.29) is 18.0 Å². The maximum Gasteiger partial charge on any atom is 0.410 e. The summed E-state index contributed by atoms with van der Waals surface area (Å²) in [5.74, 6) is 0.974. The normalized spacial score (nSPS) is 16.8. The summed E-state index contributed by atoms with van der Waals surface area (Å²) in [5.41, 5.74) is 0.607. The fraction of sp³-hybridized carbons (Fsp3) is 0.455. The Morgan fingerprint density at radius 2 is 2.06 bits per heavy atom. The van der Waals surface area contributed by atoms with E-state index in [1.165, 1.54) is 12.3 Å². The van der Waals surface area contributed by atoms with Gasteiger partial charge in [-0.1, -0.05) is 0 Å². The molecule has 1 unspecified atom stereocenters. The van der Waals surface area contributed by atoms with Crippen molar-refractivity contribution in [3.8, 4) is 17.3 Å². The van der Waals surface area contributed by atoms with Crippen LogP contribution in [-0.4, -0.2) is 62.2 Å². The first-order valence-corrected chi connectivity index (χ1v) is 10.5. The molecule has 1 saturated heterocycles. The Kier molecular flexibility index (Phi) is 5.86. The van der Waals surface area contributed by atoms with Gasteiger partial charge in [-0.05, 0) is 45.7 Å². The fourth-order valence-corrected chi connectivity index (χ4v) is 3.65. The predicted molar refractivity (Wildman–Crippen MR) is 117 cm³/mol. The van der Waals surface area contributed by atoms with Gasteiger partial charge < -0.3 is 19.7 Å². The summed E-state index contributed by atoms with van der Waals surface area (Å²) in [6.45, 7) is 6.68. The van der Waals surface area contributed by atoms with Crippen molar-refractivity contribution in [3.05, 3.63) is 36.5 Å². The Bertz CT molecular complexity index is 1130. The van der Waals surface area contributed by atoms with Crippen LogP contribution in [0.1, 0.15) is 33.6 Å². The van der Waals surface area contributed by atoms with Crippen LogP contribution >= 0.6 is 0 Å². The summed E-state index contributed by atoms with van der Waals surface area (Å²) >= 11 is 0. The number of pyridine rings is 1. The van der Waals surface area contributed by atoms with Crippen LogP contribution in [0.25, 0.3) is 17.2 Å². The molecule has 0 spiro atoms. The van der Waals surface area contributed by atoms with Crippen molar-refractivity contribution in [3.63, 3.8) is 0 Å². The second-order valence-electron chi connectivity index (χ2n) is 8.74. The van der Waals surface area contributed by atoms with Crippen LogP contribution in [0, 0.1) is 5.82 Å². The lowest BCUT2D eigenvalue weighted by Gasteiger charge is -2.34. The first kappa shape index (κ1) is 21.8. The monoisotopic (exact) mass is 442 g/mol. The van der Waals surface area contributed by atoms with Gasteiger partial charge in [-0.2, -0.15) is 0 Å².